The van der Waals surface area contributed by atoms with Gasteiger partial charge in [-0.25, -0.2) is 0 Å². The van der Waals surface area contributed by atoms with Gasteiger partial charge in [0.15, 0.2) is 0 Å². The van der Waals surface area contributed by atoms with Crippen molar-refractivity contribution in [2.45, 2.75) is 195 Å². The molecule has 0 spiro atoms. The van der Waals surface area contributed by atoms with Crippen LogP contribution in [0.5, 0.6) is 11.5 Å². The third-order valence-corrected chi connectivity index (χ3v) is 10.8. The van der Waals surface area contributed by atoms with Gasteiger partial charge >= 0.3 is 20.2 Å². The smallest absolute Gasteiger partial charge is 0.426 e. The number of carbonyl (C=O) groups is 2. The molecule has 0 fully saturated rings. The molecule has 0 N–H and O–H groups in total. The minimum Gasteiger partial charge on any atom is -0.426 e. The van der Waals surface area contributed by atoms with Crippen LogP contribution in [-0.2, 0) is 34.0 Å². The fourth-order valence-electron chi connectivity index (χ4n) is 6.69. The van der Waals surface area contributed by atoms with Crippen LogP contribution in [0, 0.1) is 13.8 Å². The molecular formula is C44H70O7P+. The van der Waals surface area contributed by atoms with Gasteiger partial charge in [0.25, 0.3) is 0 Å². The van der Waals surface area contributed by atoms with E-state index in [-0.39, 0.29) is 23.7 Å². The lowest BCUT2D eigenvalue weighted by Gasteiger charge is -2.30. The number of unbranched alkanes of at least 4 members (excludes halogenated alkanes) is 4. The monoisotopic (exact) mass is 741 g/mol. The lowest BCUT2D eigenvalue weighted by Crippen LogP contribution is -2.38. The predicted molar refractivity (Wildman–Crippen MR) is 214 cm³/mol. The van der Waals surface area contributed by atoms with Crippen molar-refractivity contribution >= 4 is 20.2 Å². The Morgan fingerprint density at radius 2 is 0.865 bits per heavy atom. The van der Waals surface area contributed by atoms with Gasteiger partial charge in [-0.3, -0.25) is 9.59 Å². The van der Waals surface area contributed by atoms with Gasteiger partial charge in [0.05, 0.1) is 12.8 Å². The maximum Gasteiger partial charge on any atom is 0.698 e. The molecular weight excluding hydrogens is 671 g/mol. The van der Waals surface area contributed by atoms with Crippen LogP contribution in [0.2, 0.25) is 0 Å². The van der Waals surface area contributed by atoms with E-state index in [1.54, 1.807) is 0 Å². The molecule has 52 heavy (non-hydrogen) atoms. The summed E-state index contributed by atoms with van der Waals surface area (Å²) in [5.41, 5.74) is 1.33. The highest BCUT2D eigenvalue weighted by Crippen LogP contribution is 2.47. The van der Waals surface area contributed by atoms with Crippen molar-refractivity contribution in [3.63, 3.8) is 0 Å². The lowest BCUT2D eigenvalue weighted by atomic mass is 9.85. The molecule has 8 heteroatoms. The van der Waals surface area contributed by atoms with Crippen molar-refractivity contribution in [1.29, 1.82) is 0 Å². The third-order valence-electron chi connectivity index (χ3n) is 9.75. The van der Waals surface area contributed by atoms with E-state index in [0.29, 0.717) is 37.2 Å². The first-order valence-corrected chi connectivity index (χ1v) is 20.9. The fourth-order valence-corrected chi connectivity index (χ4v) is 7.86. The summed E-state index contributed by atoms with van der Waals surface area (Å²) in [6.45, 7) is 24.9. The minimum absolute atomic E-state index is 0.0587. The first-order chi connectivity index (χ1) is 24.3. The Kier molecular flexibility index (Phi) is 18.2. The molecule has 0 aliphatic carbocycles. The number of hydrogen-bond acceptors (Lipinski definition) is 7. The van der Waals surface area contributed by atoms with Gasteiger partial charge in [0.1, 0.15) is 22.7 Å². The summed E-state index contributed by atoms with van der Waals surface area (Å²) in [4.78, 5) is 27.7. The number of rotatable bonds is 22. The Labute approximate surface area is 317 Å². The number of hydrogen-bond donors (Lipinski definition) is 0. The van der Waals surface area contributed by atoms with E-state index >= 15 is 0 Å². The zero-order chi connectivity index (χ0) is 39.2. The average molecular weight is 742 g/mol. The molecule has 0 bridgehead atoms. The first kappa shape index (κ1) is 45.6. The van der Waals surface area contributed by atoms with Crippen LogP contribution in [0.15, 0.2) is 36.4 Å². The number of ether oxygens (including phenoxy) is 2. The minimum atomic E-state index is -2.73. The number of benzene rings is 2. The van der Waals surface area contributed by atoms with Gasteiger partial charge in [0, 0.05) is 15.7 Å². The second-order valence-corrected chi connectivity index (χ2v) is 17.8. The Morgan fingerprint density at radius 1 is 0.558 bits per heavy atom. The van der Waals surface area contributed by atoms with E-state index in [4.69, 9.17) is 18.5 Å². The molecule has 0 aromatic heterocycles. The van der Waals surface area contributed by atoms with E-state index in [1.807, 2.05) is 50.2 Å². The first-order valence-electron chi connectivity index (χ1n) is 19.8. The SMILES string of the molecule is CCCCC(CCCC)(CC(=O)Oc1cc(C)ccc1C(C)(C)C)O[P+](=O)OC(CCCC)(CCCC)CC(=O)Oc1cc(C)ccc1C(C)(C)C. The normalized spacial score (nSPS) is 12.5. The van der Waals surface area contributed by atoms with Gasteiger partial charge in [-0.15, -0.1) is 9.05 Å². The van der Waals surface area contributed by atoms with E-state index in [1.165, 1.54) is 0 Å². The molecule has 0 amide bonds. The van der Waals surface area contributed by atoms with Crippen LogP contribution in [0.1, 0.15) is 181 Å². The fraction of sp³-hybridized carbons (Fsp3) is 0.682. The van der Waals surface area contributed by atoms with Crippen LogP contribution >= 0.6 is 8.25 Å². The number of aryl methyl sites for hydroxylation is 2. The molecule has 0 aliphatic rings. The van der Waals surface area contributed by atoms with Gasteiger partial charge in [-0.05, 0) is 73.6 Å². The molecule has 0 radical (unpaired) electrons. The van der Waals surface area contributed by atoms with Crippen molar-refractivity contribution in [1.82, 2.24) is 0 Å². The van der Waals surface area contributed by atoms with E-state index in [0.717, 1.165) is 73.6 Å². The maximum absolute atomic E-state index is 14.3. The molecule has 2 rings (SSSR count). The molecule has 0 atom stereocenters. The van der Waals surface area contributed by atoms with Crippen molar-refractivity contribution < 1.29 is 32.7 Å². The summed E-state index contributed by atoms with van der Waals surface area (Å²) in [6.07, 6.45) is 8.69. The quantitative estimate of drug-likeness (QED) is 0.0674. The second-order valence-electron chi connectivity index (χ2n) is 17.0. The topological polar surface area (TPSA) is 88.1 Å². The summed E-state index contributed by atoms with van der Waals surface area (Å²) in [6, 6.07) is 11.9. The van der Waals surface area contributed by atoms with Gasteiger partial charge in [-0.2, -0.15) is 0 Å². The molecule has 0 unspecified atom stereocenters. The largest absolute Gasteiger partial charge is 0.698 e. The molecule has 0 aliphatic heterocycles. The molecule has 0 saturated carbocycles. The highest BCUT2D eigenvalue weighted by atomic mass is 31.1. The summed E-state index contributed by atoms with van der Waals surface area (Å²) in [5.74, 6) is 0.230. The van der Waals surface area contributed by atoms with Gasteiger partial charge < -0.3 is 9.47 Å². The van der Waals surface area contributed by atoms with Crippen LogP contribution in [0.3, 0.4) is 0 Å². The summed E-state index contributed by atoms with van der Waals surface area (Å²) in [5, 5.41) is 0. The van der Waals surface area contributed by atoms with Crippen molar-refractivity contribution in [2.24, 2.45) is 0 Å². The summed E-state index contributed by atoms with van der Waals surface area (Å²) >= 11 is 0. The number of carbonyl (C=O) groups excluding carboxylic acids is 2. The Balaban J connectivity index is 2.48. The standard InChI is InChI=1S/C44H70O7P/c1-13-17-25-43(26-18-14-2,31-39(45)48-37-29-33(5)21-23-35(37)41(7,8)9)50-52(47)51-44(27-19-15-3,28-20-16-4)32-40(46)49-38-30-34(6)22-24-36(38)42(10,11)12/h21-24,29-30H,13-20,25-28,31-32H2,1-12H3/q+1. The summed E-state index contributed by atoms with van der Waals surface area (Å²) in [7, 11) is -2.73. The van der Waals surface area contributed by atoms with Crippen LogP contribution < -0.4 is 9.47 Å². The van der Waals surface area contributed by atoms with E-state index < -0.39 is 31.4 Å². The number of esters is 2. The lowest BCUT2D eigenvalue weighted by molar-refractivity contribution is -0.140. The average Bonchev–Trinajstić information content (AvgIpc) is 3.03. The Hall–Kier alpha value is -2.60. The Bertz CT molecular complexity index is 1330. The maximum atomic E-state index is 14.3. The van der Waals surface area contributed by atoms with Crippen molar-refractivity contribution in [3.05, 3.63) is 58.7 Å². The van der Waals surface area contributed by atoms with E-state index in [9.17, 15) is 14.2 Å². The van der Waals surface area contributed by atoms with Crippen molar-refractivity contribution in [2.75, 3.05) is 0 Å². The zero-order valence-electron chi connectivity index (χ0n) is 34.7. The van der Waals surface area contributed by atoms with Gasteiger partial charge in [0.2, 0.25) is 0 Å². The van der Waals surface area contributed by atoms with E-state index in [2.05, 4.69) is 69.2 Å². The molecule has 7 nitrogen and oxygen atoms in total. The molecule has 2 aromatic rings. The third kappa shape index (κ3) is 14.7. The van der Waals surface area contributed by atoms with Crippen LogP contribution in [-0.4, -0.2) is 23.1 Å². The molecule has 2 aromatic carbocycles. The molecule has 0 heterocycles. The van der Waals surface area contributed by atoms with Crippen LogP contribution in [0.25, 0.3) is 0 Å². The summed E-state index contributed by atoms with van der Waals surface area (Å²) < 4.78 is 39.5. The highest BCUT2D eigenvalue weighted by molar-refractivity contribution is 7.33. The Morgan fingerprint density at radius 3 is 1.13 bits per heavy atom. The highest BCUT2D eigenvalue weighted by Gasteiger charge is 2.49. The van der Waals surface area contributed by atoms with Crippen molar-refractivity contribution in [3.8, 4) is 11.5 Å². The van der Waals surface area contributed by atoms with Crippen LogP contribution in [0.4, 0.5) is 0 Å². The second kappa shape index (κ2) is 20.7. The predicted octanol–water partition coefficient (Wildman–Crippen LogP) is 13.1. The van der Waals surface area contributed by atoms with Gasteiger partial charge in [-0.1, -0.05) is 145 Å². The molecule has 292 valence electrons. The molecule has 0 saturated heterocycles. The zero-order valence-corrected chi connectivity index (χ0v) is 35.6.